The van der Waals surface area contributed by atoms with Gasteiger partial charge in [-0.1, -0.05) is 46.6 Å². The summed E-state index contributed by atoms with van der Waals surface area (Å²) in [6, 6.07) is 0. The molecule has 0 rings (SSSR count). The van der Waals surface area contributed by atoms with Crippen LogP contribution in [0, 0.1) is 0 Å². The lowest BCUT2D eigenvalue weighted by molar-refractivity contribution is 0.0772. The van der Waals surface area contributed by atoms with Gasteiger partial charge in [0.15, 0.2) is 0 Å². The van der Waals surface area contributed by atoms with E-state index in [1.165, 1.54) is 48.0 Å². The van der Waals surface area contributed by atoms with Crippen LogP contribution in [0.15, 0.2) is 46.6 Å². The predicted molar refractivity (Wildman–Crippen MR) is 127 cm³/mol. The summed E-state index contributed by atoms with van der Waals surface area (Å²) in [4.78, 5) is 0. The smallest absolute Gasteiger partial charge is 0.0518 e. The zero-order chi connectivity index (χ0) is 21.2. The van der Waals surface area contributed by atoms with Crippen molar-refractivity contribution in [2.24, 2.45) is 0 Å². The van der Waals surface area contributed by atoms with Gasteiger partial charge in [0, 0.05) is 13.2 Å². The van der Waals surface area contributed by atoms with E-state index < -0.39 is 0 Å². The van der Waals surface area contributed by atoms with Crippen LogP contribution in [-0.2, 0) is 4.74 Å². The van der Waals surface area contributed by atoms with Crippen LogP contribution >= 0.6 is 0 Å². The lowest BCUT2D eigenvalue weighted by Crippen LogP contribution is -2.17. The Kier molecular flexibility index (Phi) is 17.2. The molecule has 0 unspecified atom stereocenters. The molecule has 0 aliphatic heterocycles. The zero-order valence-electron chi connectivity index (χ0n) is 19.9. The fraction of sp³-hybridized carbons (Fsp3) is 0.692. The second-order valence-electron chi connectivity index (χ2n) is 8.53. The first-order valence-electron chi connectivity index (χ1n) is 11.2. The van der Waals surface area contributed by atoms with E-state index in [4.69, 9.17) is 4.74 Å². The summed E-state index contributed by atoms with van der Waals surface area (Å²) in [6.07, 6.45) is 17.9. The van der Waals surface area contributed by atoms with E-state index in [2.05, 4.69) is 78.1 Å². The molecule has 0 aliphatic carbocycles. The van der Waals surface area contributed by atoms with Crippen LogP contribution in [0.25, 0.3) is 0 Å². The molecular weight excluding hydrogens is 342 g/mol. The third kappa shape index (κ3) is 19.6. The van der Waals surface area contributed by atoms with Gasteiger partial charge in [0.1, 0.15) is 0 Å². The minimum absolute atomic E-state index is 0.339. The Hall–Kier alpha value is -1.12. The number of hydrogen-bond donors (Lipinski definition) is 1. The molecule has 0 atom stereocenters. The van der Waals surface area contributed by atoms with E-state index in [0.29, 0.717) is 6.10 Å². The highest BCUT2D eigenvalue weighted by atomic mass is 16.5. The van der Waals surface area contributed by atoms with Crippen molar-refractivity contribution in [3.8, 4) is 0 Å². The topological polar surface area (TPSA) is 21.3 Å². The minimum atomic E-state index is 0.339. The van der Waals surface area contributed by atoms with Crippen molar-refractivity contribution in [3.63, 3.8) is 0 Å². The number of hydrogen-bond acceptors (Lipinski definition) is 2. The molecule has 0 fully saturated rings. The zero-order valence-corrected chi connectivity index (χ0v) is 19.9. The van der Waals surface area contributed by atoms with Crippen molar-refractivity contribution >= 4 is 0 Å². The van der Waals surface area contributed by atoms with Gasteiger partial charge in [-0.05, 0) is 100.0 Å². The van der Waals surface area contributed by atoms with E-state index in [-0.39, 0.29) is 0 Å². The van der Waals surface area contributed by atoms with Crippen molar-refractivity contribution in [1.82, 2.24) is 5.32 Å². The highest BCUT2D eigenvalue weighted by molar-refractivity contribution is 5.07. The quantitative estimate of drug-likeness (QED) is 0.217. The molecule has 1 N–H and O–H groups in total. The van der Waals surface area contributed by atoms with E-state index in [0.717, 1.165) is 39.0 Å². The third-order valence-corrected chi connectivity index (χ3v) is 4.70. The number of nitrogens with one attached hydrogen (secondary N) is 1. The summed E-state index contributed by atoms with van der Waals surface area (Å²) >= 11 is 0. The van der Waals surface area contributed by atoms with Gasteiger partial charge in [0.25, 0.3) is 0 Å². The molecule has 0 aromatic rings. The number of rotatable bonds is 16. The van der Waals surface area contributed by atoms with Gasteiger partial charge in [0.05, 0.1) is 6.10 Å². The summed E-state index contributed by atoms with van der Waals surface area (Å²) in [5.74, 6) is 0. The Morgan fingerprint density at radius 3 is 1.75 bits per heavy atom. The molecule has 28 heavy (non-hydrogen) atoms. The Morgan fingerprint density at radius 1 is 0.750 bits per heavy atom. The highest BCUT2D eigenvalue weighted by Gasteiger charge is 1.95. The Labute approximate surface area is 176 Å². The van der Waals surface area contributed by atoms with Crippen molar-refractivity contribution in [2.75, 3.05) is 19.7 Å². The molecule has 0 amide bonds. The van der Waals surface area contributed by atoms with Crippen LogP contribution in [-0.4, -0.2) is 25.8 Å². The minimum Gasteiger partial charge on any atom is -0.379 e. The largest absolute Gasteiger partial charge is 0.379 e. The third-order valence-electron chi connectivity index (χ3n) is 4.70. The van der Waals surface area contributed by atoms with E-state index in [1.807, 2.05) is 0 Å². The van der Waals surface area contributed by atoms with Gasteiger partial charge in [-0.15, -0.1) is 0 Å². The predicted octanol–water partition coefficient (Wildman–Crippen LogP) is 7.54. The molecule has 0 heterocycles. The maximum absolute atomic E-state index is 5.54. The van der Waals surface area contributed by atoms with Gasteiger partial charge >= 0.3 is 0 Å². The van der Waals surface area contributed by atoms with Crippen LogP contribution in [0.2, 0.25) is 0 Å². The maximum Gasteiger partial charge on any atom is 0.0518 e. The number of allylic oxidation sites excluding steroid dienone is 7. The van der Waals surface area contributed by atoms with Crippen molar-refractivity contribution in [2.45, 2.75) is 99.5 Å². The molecule has 0 aromatic heterocycles. The first-order valence-corrected chi connectivity index (χ1v) is 11.2. The van der Waals surface area contributed by atoms with Crippen LogP contribution in [0.5, 0.6) is 0 Å². The first kappa shape index (κ1) is 26.9. The fourth-order valence-electron chi connectivity index (χ4n) is 2.85. The van der Waals surface area contributed by atoms with Gasteiger partial charge in [0.2, 0.25) is 0 Å². The summed E-state index contributed by atoms with van der Waals surface area (Å²) in [5, 5.41) is 3.47. The van der Waals surface area contributed by atoms with Gasteiger partial charge in [-0.3, -0.25) is 0 Å². The fourth-order valence-corrected chi connectivity index (χ4v) is 2.85. The highest BCUT2D eigenvalue weighted by Crippen LogP contribution is 2.13. The average molecular weight is 390 g/mol. The second kappa shape index (κ2) is 17.9. The molecule has 0 radical (unpaired) electrons. The summed E-state index contributed by atoms with van der Waals surface area (Å²) in [6.45, 7) is 18.1. The maximum atomic E-state index is 5.54. The van der Waals surface area contributed by atoms with Gasteiger partial charge in [-0.25, -0.2) is 0 Å². The molecule has 2 heteroatoms. The first-order chi connectivity index (χ1) is 13.3. The van der Waals surface area contributed by atoms with E-state index >= 15 is 0 Å². The monoisotopic (exact) mass is 389 g/mol. The van der Waals surface area contributed by atoms with E-state index in [1.54, 1.807) is 0 Å². The van der Waals surface area contributed by atoms with Crippen molar-refractivity contribution in [3.05, 3.63) is 46.6 Å². The Morgan fingerprint density at radius 2 is 1.25 bits per heavy atom. The van der Waals surface area contributed by atoms with Gasteiger partial charge < -0.3 is 10.1 Å². The van der Waals surface area contributed by atoms with Crippen molar-refractivity contribution < 1.29 is 4.74 Å². The van der Waals surface area contributed by atoms with E-state index in [9.17, 15) is 0 Å². The van der Waals surface area contributed by atoms with Crippen LogP contribution in [0.3, 0.4) is 0 Å². The molecule has 2 nitrogen and oxygen atoms in total. The normalized spacial score (nSPS) is 13.4. The molecule has 0 saturated heterocycles. The summed E-state index contributed by atoms with van der Waals surface area (Å²) in [5.41, 5.74) is 5.93. The SMILES string of the molecule is CC(C)=CCC/C(C)=C/CC/C(C)=C/CC/C(C)=C/CNCCCOC(C)C. The second-order valence-corrected chi connectivity index (χ2v) is 8.53. The Bertz CT molecular complexity index is 505. The van der Waals surface area contributed by atoms with Crippen LogP contribution in [0.1, 0.15) is 93.4 Å². The number of ether oxygens (including phenoxy) is 1. The lowest BCUT2D eigenvalue weighted by atomic mass is 10.0. The molecule has 0 bridgehead atoms. The lowest BCUT2D eigenvalue weighted by Gasteiger charge is -2.07. The van der Waals surface area contributed by atoms with Crippen LogP contribution < -0.4 is 5.32 Å². The molecule has 0 aromatic carbocycles. The Balaban J connectivity index is 3.84. The molecule has 0 aliphatic rings. The average Bonchev–Trinajstić information content (AvgIpc) is 2.60. The molecule has 0 saturated carbocycles. The van der Waals surface area contributed by atoms with Gasteiger partial charge in [-0.2, -0.15) is 0 Å². The molecule has 0 spiro atoms. The standard InChI is InChI=1S/C26H47NO/c1-22(2)12-8-13-24(5)14-9-15-25(6)16-10-17-26(7)18-20-27-19-11-21-28-23(3)4/h12,14,16,18,23,27H,8-11,13,15,17,19-21H2,1-7H3/b24-14+,25-16+,26-18+. The van der Waals surface area contributed by atoms with Crippen LogP contribution in [0.4, 0.5) is 0 Å². The van der Waals surface area contributed by atoms with Crippen molar-refractivity contribution in [1.29, 1.82) is 0 Å². The molecule has 162 valence electrons. The summed E-state index contributed by atoms with van der Waals surface area (Å²) < 4.78 is 5.54. The molecular formula is C26H47NO. The summed E-state index contributed by atoms with van der Waals surface area (Å²) in [7, 11) is 0.